The predicted molar refractivity (Wildman–Crippen MR) is 62.0 cm³/mol. The standard InChI is InChI=1S/C13H9F2N3O/c14-9-1-2-10(11(15)3-9)13(19)18-5-8-4-16-7-17-12(8)6-18/h1-4,7H,5-6H2. The molecule has 0 saturated carbocycles. The van der Waals surface area contributed by atoms with E-state index < -0.39 is 17.5 Å². The molecule has 0 unspecified atom stereocenters. The van der Waals surface area contributed by atoms with Gasteiger partial charge in [-0.2, -0.15) is 0 Å². The van der Waals surface area contributed by atoms with Crippen LogP contribution in [0.2, 0.25) is 0 Å². The molecule has 1 aliphatic rings. The van der Waals surface area contributed by atoms with Gasteiger partial charge in [-0.25, -0.2) is 18.7 Å². The molecule has 4 nitrogen and oxygen atoms in total. The zero-order valence-corrected chi connectivity index (χ0v) is 9.81. The van der Waals surface area contributed by atoms with Gasteiger partial charge in [0.1, 0.15) is 18.0 Å². The molecule has 0 atom stereocenters. The number of carbonyl (C=O) groups excluding carboxylic acids is 1. The van der Waals surface area contributed by atoms with Crippen molar-refractivity contribution >= 4 is 5.91 Å². The van der Waals surface area contributed by atoms with Crippen molar-refractivity contribution in [2.75, 3.05) is 0 Å². The lowest BCUT2D eigenvalue weighted by molar-refractivity contribution is 0.0745. The van der Waals surface area contributed by atoms with E-state index in [0.717, 1.165) is 23.4 Å². The second kappa shape index (κ2) is 4.38. The van der Waals surface area contributed by atoms with Crippen LogP contribution in [0.5, 0.6) is 0 Å². The Kier molecular flexibility index (Phi) is 2.70. The maximum atomic E-state index is 13.6. The van der Waals surface area contributed by atoms with Crippen molar-refractivity contribution in [1.82, 2.24) is 14.9 Å². The van der Waals surface area contributed by atoms with Gasteiger partial charge in [0.2, 0.25) is 0 Å². The number of fused-ring (bicyclic) bond motifs is 1. The van der Waals surface area contributed by atoms with Crippen LogP contribution in [-0.2, 0) is 13.1 Å². The van der Waals surface area contributed by atoms with Gasteiger partial charge in [-0.1, -0.05) is 0 Å². The minimum absolute atomic E-state index is 0.137. The van der Waals surface area contributed by atoms with Crippen LogP contribution in [0.1, 0.15) is 21.6 Å². The quantitative estimate of drug-likeness (QED) is 0.787. The van der Waals surface area contributed by atoms with Crippen molar-refractivity contribution < 1.29 is 13.6 Å². The maximum Gasteiger partial charge on any atom is 0.257 e. The summed E-state index contributed by atoms with van der Waals surface area (Å²) in [6, 6.07) is 2.93. The second-order valence-corrected chi connectivity index (χ2v) is 4.28. The van der Waals surface area contributed by atoms with Gasteiger partial charge in [-0.15, -0.1) is 0 Å². The van der Waals surface area contributed by atoms with Gasteiger partial charge in [-0.05, 0) is 12.1 Å². The third kappa shape index (κ3) is 2.05. The molecule has 19 heavy (non-hydrogen) atoms. The first-order valence-electron chi connectivity index (χ1n) is 5.67. The summed E-state index contributed by atoms with van der Waals surface area (Å²) in [7, 11) is 0. The van der Waals surface area contributed by atoms with Gasteiger partial charge in [0.15, 0.2) is 0 Å². The highest BCUT2D eigenvalue weighted by Crippen LogP contribution is 2.22. The van der Waals surface area contributed by atoms with E-state index in [1.807, 2.05) is 0 Å². The van der Waals surface area contributed by atoms with Crippen molar-refractivity contribution in [3.05, 3.63) is 59.2 Å². The average Bonchev–Trinajstić information content (AvgIpc) is 2.81. The molecule has 0 aliphatic carbocycles. The number of hydrogen-bond acceptors (Lipinski definition) is 3. The molecule has 2 aromatic rings. The molecule has 0 spiro atoms. The van der Waals surface area contributed by atoms with Gasteiger partial charge in [-0.3, -0.25) is 4.79 Å². The zero-order chi connectivity index (χ0) is 13.4. The van der Waals surface area contributed by atoms with Gasteiger partial charge in [0.05, 0.1) is 17.8 Å². The minimum Gasteiger partial charge on any atom is -0.328 e. The van der Waals surface area contributed by atoms with Crippen molar-refractivity contribution in [1.29, 1.82) is 0 Å². The molecule has 96 valence electrons. The van der Waals surface area contributed by atoms with Crippen LogP contribution in [0, 0.1) is 11.6 Å². The summed E-state index contributed by atoms with van der Waals surface area (Å²) < 4.78 is 26.4. The zero-order valence-electron chi connectivity index (χ0n) is 9.81. The summed E-state index contributed by atoms with van der Waals surface area (Å²) in [6.45, 7) is 0.652. The number of carbonyl (C=O) groups is 1. The lowest BCUT2D eigenvalue weighted by atomic mass is 10.2. The summed E-state index contributed by atoms with van der Waals surface area (Å²) >= 11 is 0. The summed E-state index contributed by atoms with van der Waals surface area (Å²) in [6.07, 6.45) is 3.04. The molecule has 1 aromatic heterocycles. The molecule has 0 saturated heterocycles. The largest absolute Gasteiger partial charge is 0.328 e. The number of benzene rings is 1. The molecule has 1 aromatic carbocycles. The molecular formula is C13H9F2N3O. The Hall–Kier alpha value is -2.37. The van der Waals surface area contributed by atoms with Crippen LogP contribution in [-0.4, -0.2) is 20.8 Å². The van der Waals surface area contributed by atoms with Gasteiger partial charge >= 0.3 is 0 Å². The Morgan fingerprint density at radius 1 is 1.26 bits per heavy atom. The van der Waals surface area contributed by atoms with Crippen LogP contribution in [0.15, 0.2) is 30.7 Å². The van der Waals surface area contributed by atoms with Crippen LogP contribution >= 0.6 is 0 Å². The summed E-state index contributed by atoms with van der Waals surface area (Å²) in [5.41, 5.74) is 1.46. The molecule has 1 aliphatic heterocycles. The highest BCUT2D eigenvalue weighted by Gasteiger charge is 2.27. The maximum absolute atomic E-state index is 13.6. The van der Waals surface area contributed by atoms with Crippen molar-refractivity contribution in [2.24, 2.45) is 0 Å². The smallest absolute Gasteiger partial charge is 0.257 e. The van der Waals surface area contributed by atoms with E-state index in [-0.39, 0.29) is 5.56 Å². The third-order valence-corrected chi connectivity index (χ3v) is 3.03. The molecular weight excluding hydrogens is 252 g/mol. The molecule has 0 N–H and O–H groups in total. The number of hydrogen-bond donors (Lipinski definition) is 0. The van der Waals surface area contributed by atoms with Gasteiger partial charge in [0, 0.05) is 24.4 Å². The van der Waals surface area contributed by atoms with E-state index in [1.54, 1.807) is 6.20 Å². The number of aromatic nitrogens is 2. The Bertz CT molecular complexity index is 635. The van der Waals surface area contributed by atoms with Gasteiger partial charge in [0.25, 0.3) is 5.91 Å². The molecule has 1 amide bonds. The third-order valence-electron chi connectivity index (χ3n) is 3.03. The monoisotopic (exact) mass is 261 g/mol. The molecule has 2 heterocycles. The van der Waals surface area contributed by atoms with Gasteiger partial charge < -0.3 is 4.90 Å². The normalized spacial score (nSPS) is 13.5. The highest BCUT2D eigenvalue weighted by molar-refractivity contribution is 5.94. The number of rotatable bonds is 1. The molecule has 3 rings (SSSR count). The van der Waals surface area contributed by atoms with Crippen LogP contribution in [0.4, 0.5) is 8.78 Å². The predicted octanol–water partition coefficient (Wildman–Crippen LogP) is 1.91. The summed E-state index contributed by atoms with van der Waals surface area (Å²) in [5, 5.41) is 0. The number of amides is 1. The van der Waals surface area contributed by atoms with Crippen LogP contribution < -0.4 is 0 Å². The van der Waals surface area contributed by atoms with Crippen molar-refractivity contribution in [3.63, 3.8) is 0 Å². The Balaban J connectivity index is 1.87. The van der Waals surface area contributed by atoms with Crippen LogP contribution in [0.3, 0.4) is 0 Å². The highest BCUT2D eigenvalue weighted by atomic mass is 19.1. The topological polar surface area (TPSA) is 46.1 Å². The molecule has 0 radical (unpaired) electrons. The summed E-state index contributed by atoms with van der Waals surface area (Å²) in [5.74, 6) is -2.04. The molecule has 0 fully saturated rings. The molecule has 0 bridgehead atoms. The van der Waals surface area contributed by atoms with E-state index in [2.05, 4.69) is 9.97 Å². The Morgan fingerprint density at radius 3 is 2.84 bits per heavy atom. The fourth-order valence-electron chi connectivity index (χ4n) is 2.08. The Labute approximate surface area is 107 Å². The molecule has 6 heteroatoms. The lowest BCUT2D eigenvalue weighted by Crippen LogP contribution is -2.26. The van der Waals surface area contributed by atoms with Crippen molar-refractivity contribution in [2.45, 2.75) is 13.1 Å². The van der Waals surface area contributed by atoms with E-state index in [4.69, 9.17) is 0 Å². The summed E-state index contributed by atoms with van der Waals surface area (Å²) in [4.78, 5) is 21.6. The number of halogens is 2. The first-order chi connectivity index (χ1) is 9.15. The van der Waals surface area contributed by atoms with E-state index in [1.165, 1.54) is 11.2 Å². The Morgan fingerprint density at radius 2 is 2.11 bits per heavy atom. The van der Waals surface area contributed by atoms with Crippen molar-refractivity contribution in [3.8, 4) is 0 Å². The van der Waals surface area contributed by atoms with E-state index >= 15 is 0 Å². The first kappa shape index (κ1) is 11.7. The lowest BCUT2D eigenvalue weighted by Gasteiger charge is -2.15. The van der Waals surface area contributed by atoms with E-state index in [9.17, 15) is 13.6 Å². The fraction of sp³-hybridized carbons (Fsp3) is 0.154. The number of nitrogens with zero attached hydrogens (tertiary/aromatic N) is 3. The second-order valence-electron chi connectivity index (χ2n) is 4.28. The van der Waals surface area contributed by atoms with Crippen LogP contribution in [0.25, 0.3) is 0 Å². The van der Waals surface area contributed by atoms with E-state index in [0.29, 0.717) is 19.2 Å². The SMILES string of the molecule is O=C(c1ccc(F)cc1F)N1Cc2cncnc2C1. The fourth-order valence-corrected chi connectivity index (χ4v) is 2.08. The average molecular weight is 261 g/mol. The first-order valence-corrected chi connectivity index (χ1v) is 5.67. The minimum atomic E-state index is -0.855.